The number of hydrogen-bond donors (Lipinski definition) is 1. The minimum absolute atomic E-state index is 0.00958. The van der Waals surface area contributed by atoms with Crippen LogP contribution >= 0.6 is 0 Å². The smallest absolute Gasteiger partial charge is 0.287 e. The zero-order chi connectivity index (χ0) is 19.0. The van der Waals surface area contributed by atoms with E-state index in [-0.39, 0.29) is 17.5 Å². The second-order valence-corrected chi connectivity index (χ2v) is 6.74. The van der Waals surface area contributed by atoms with Crippen molar-refractivity contribution in [2.45, 2.75) is 39.3 Å². The second-order valence-electron chi connectivity index (χ2n) is 6.74. The molecule has 0 bridgehead atoms. The van der Waals surface area contributed by atoms with Gasteiger partial charge in [-0.2, -0.15) is 0 Å². The molecule has 0 aliphatic heterocycles. The molecule has 0 saturated heterocycles. The van der Waals surface area contributed by atoms with E-state index in [4.69, 9.17) is 4.42 Å². The van der Waals surface area contributed by atoms with Crippen LogP contribution in [0.15, 0.2) is 40.8 Å². The van der Waals surface area contributed by atoms with Gasteiger partial charge in [-0.15, -0.1) is 10.2 Å². The van der Waals surface area contributed by atoms with Gasteiger partial charge in [-0.1, -0.05) is 24.3 Å². The Hall–Kier alpha value is -3.22. The molecule has 3 aromatic rings. The Kier molecular flexibility index (Phi) is 4.35. The number of aromatic nitrogens is 3. The first-order valence-corrected chi connectivity index (χ1v) is 8.92. The lowest BCUT2D eigenvalue weighted by Crippen LogP contribution is -2.24. The maximum Gasteiger partial charge on any atom is 0.287 e. The number of aryl methyl sites for hydroxylation is 1. The molecule has 1 fully saturated rings. The minimum Gasteiger partial charge on any atom is -0.451 e. The maximum absolute atomic E-state index is 12.4. The molecule has 1 aliphatic rings. The number of furan rings is 1. The summed E-state index contributed by atoms with van der Waals surface area (Å²) in [6.45, 7) is 3.75. The highest BCUT2D eigenvalue weighted by atomic mass is 16.3. The van der Waals surface area contributed by atoms with Crippen molar-refractivity contribution in [1.82, 2.24) is 20.1 Å². The predicted molar refractivity (Wildman–Crippen MR) is 98.3 cm³/mol. The Bertz CT molecular complexity index is 997. The van der Waals surface area contributed by atoms with Crippen LogP contribution in [-0.2, 0) is 6.54 Å². The molecule has 2 aromatic heterocycles. The molecule has 0 spiro atoms. The summed E-state index contributed by atoms with van der Waals surface area (Å²) < 4.78 is 7.76. The summed E-state index contributed by atoms with van der Waals surface area (Å²) in [6.07, 6.45) is 2.26. The van der Waals surface area contributed by atoms with Gasteiger partial charge in [0.05, 0.1) is 6.54 Å². The lowest BCUT2D eigenvalue weighted by atomic mass is 10.1. The van der Waals surface area contributed by atoms with E-state index in [0.29, 0.717) is 23.9 Å². The third kappa shape index (κ3) is 3.53. The van der Waals surface area contributed by atoms with Crippen LogP contribution in [0, 0.1) is 6.92 Å². The molecular weight excluding hydrogens is 344 g/mol. The first-order valence-electron chi connectivity index (χ1n) is 8.92. The van der Waals surface area contributed by atoms with E-state index in [9.17, 15) is 9.59 Å². The number of carbonyl (C=O) groups excluding carboxylic acids is 2. The molecule has 0 atom stereocenters. The van der Waals surface area contributed by atoms with Gasteiger partial charge in [-0.3, -0.25) is 9.59 Å². The zero-order valence-electron chi connectivity index (χ0n) is 15.2. The number of rotatable bonds is 6. The van der Waals surface area contributed by atoms with Gasteiger partial charge in [0.1, 0.15) is 11.6 Å². The normalized spacial score (nSPS) is 13.6. The Morgan fingerprint density at radius 1 is 1.15 bits per heavy atom. The number of carbonyl (C=O) groups is 2. The Morgan fingerprint density at radius 2 is 1.89 bits per heavy atom. The lowest BCUT2D eigenvalue weighted by molar-refractivity contribution is 0.0922. The molecule has 1 aromatic carbocycles. The molecule has 7 heteroatoms. The van der Waals surface area contributed by atoms with Gasteiger partial charge < -0.3 is 14.3 Å². The Labute approximate surface area is 156 Å². The predicted octanol–water partition coefficient (Wildman–Crippen LogP) is 3.31. The monoisotopic (exact) mass is 364 g/mol. The summed E-state index contributed by atoms with van der Waals surface area (Å²) in [4.78, 5) is 23.8. The third-order valence-corrected chi connectivity index (χ3v) is 4.66. The lowest BCUT2D eigenvalue weighted by Gasteiger charge is -2.07. The minimum atomic E-state index is -0.301. The highest BCUT2D eigenvalue weighted by Crippen LogP contribution is 2.36. The van der Waals surface area contributed by atoms with Crippen LogP contribution in [0.1, 0.15) is 58.4 Å². The van der Waals surface area contributed by atoms with Gasteiger partial charge in [-0.05, 0) is 38.8 Å². The third-order valence-electron chi connectivity index (χ3n) is 4.66. The van der Waals surface area contributed by atoms with Gasteiger partial charge in [0.2, 0.25) is 0 Å². The molecule has 4 rings (SSSR count). The van der Waals surface area contributed by atoms with Crippen LogP contribution in [0.3, 0.4) is 0 Å². The first-order chi connectivity index (χ1) is 13.0. The molecule has 1 N–H and O–H groups in total. The van der Waals surface area contributed by atoms with Crippen LogP contribution in [0.2, 0.25) is 0 Å². The zero-order valence-corrected chi connectivity index (χ0v) is 15.2. The Morgan fingerprint density at radius 3 is 2.56 bits per heavy atom. The molecule has 2 heterocycles. The van der Waals surface area contributed by atoms with Crippen molar-refractivity contribution in [2.75, 3.05) is 0 Å². The van der Waals surface area contributed by atoms with E-state index in [1.807, 2.05) is 6.92 Å². The fourth-order valence-electron chi connectivity index (χ4n) is 3.07. The number of Topliss-reactive ketones (excluding diaryl/α,β-unsaturated/α-hetero) is 1. The number of amides is 1. The number of nitrogens with zero attached hydrogens (tertiary/aromatic N) is 3. The number of hydrogen-bond acceptors (Lipinski definition) is 5. The molecule has 1 saturated carbocycles. The molecule has 0 radical (unpaired) electrons. The van der Waals surface area contributed by atoms with E-state index in [2.05, 4.69) is 20.1 Å². The summed E-state index contributed by atoms with van der Waals surface area (Å²) in [5.41, 5.74) is 1.45. The van der Waals surface area contributed by atoms with Crippen LogP contribution in [0.25, 0.3) is 11.3 Å². The van der Waals surface area contributed by atoms with E-state index in [1.165, 1.54) is 6.92 Å². The van der Waals surface area contributed by atoms with E-state index in [0.717, 1.165) is 30.1 Å². The number of ketones is 1. The highest BCUT2D eigenvalue weighted by Gasteiger charge is 2.28. The quantitative estimate of drug-likeness (QED) is 0.678. The average molecular weight is 364 g/mol. The van der Waals surface area contributed by atoms with Gasteiger partial charge >= 0.3 is 0 Å². The number of nitrogens with one attached hydrogen (secondary N) is 1. The largest absolute Gasteiger partial charge is 0.451 e. The molecule has 0 unspecified atom stereocenters. The topological polar surface area (TPSA) is 90.0 Å². The fourth-order valence-corrected chi connectivity index (χ4v) is 3.07. The van der Waals surface area contributed by atoms with Crippen LogP contribution in [0.5, 0.6) is 0 Å². The summed E-state index contributed by atoms with van der Waals surface area (Å²) in [5.74, 6) is 2.15. The summed E-state index contributed by atoms with van der Waals surface area (Å²) in [5, 5.41) is 11.1. The molecule has 27 heavy (non-hydrogen) atoms. The van der Waals surface area contributed by atoms with Crippen molar-refractivity contribution in [2.24, 2.45) is 0 Å². The van der Waals surface area contributed by atoms with Gasteiger partial charge in [0, 0.05) is 17.2 Å². The summed E-state index contributed by atoms with van der Waals surface area (Å²) in [7, 11) is 0. The van der Waals surface area contributed by atoms with E-state index < -0.39 is 0 Å². The van der Waals surface area contributed by atoms with Crippen molar-refractivity contribution < 1.29 is 14.0 Å². The molecule has 1 amide bonds. The molecule has 7 nitrogen and oxygen atoms in total. The molecular formula is C20H20N4O3. The SMILES string of the molecule is CC(=O)c1ccc(-c2ccc(C(=O)NCc3nnc(C)n3C3CC3)o2)cc1. The van der Waals surface area contributed by atoms with E-state index in [1.54, 1.807) is 36.4 Å². The molecule has 138 valence electrons. The van der Waals surface area contributed by atoms with Crippen molar-refractivity contribution in [3.63, 3.8) is 0 Å². The number of benzene rings is 1. The van der Waals surface area contributed by atoms with Gasteiger partial charge in [-0.25, -0.2) is 0 Å². The molecule has 1 aliphatic carbocycles. The Balaban J connectivity index is 1.43. The highest BCUT2D eigenvalue weighted by molar-refractivity contribution is 5.94. The van der Waals surface area contributed by atoms with Crippen molar-refractivity contribution in [3.8, 4) is 11.3 Å². The summed E-state index contributed by atoms with van der Waals surface area (Å²) in [6, 6.07) is 10.9. The van der Waals surface area contributed by atoms with Crippen molar-refractivity contribution in [3.05, 3.63) is 59.4 Å². The van der Waals surface area contributed by atoms with Crippen LogP contribution in [0.4, 0.5) is 0 Å². The second kappa shape index (κ2) is 6.83. The maximum atomic E-state index is 12.4. The van der Waals surface area contributed by atoms with Gasteiger partial charge in [0.25, 0.3) is 5.91 Å². The summed E-state index contributed by atoms with van der Waals surface area (Å²) >= 11 is 0. The first kappa shape index (κ1) is 17.2. The van der Waals surface area contributed by atoms with Crippen LogP contribution in [-0.4, -0.2) is 26.5 Å². The standard InChI is InChI=1S/C20H20N4O3/c1-12(25)14-3-5-15(6-4-14)17-9-10-18(27-17)20(26)21-11-19-23-22-13(2)24(19)16-7-8-16/h3-6,9-10,16H,7-8,11H2,1-2H3,(H,21,26). The van der Waals surface area contributed by atoms with Crippen LogP contribution < -0.4 is 5.32 Å². The van der Waals surface area contributed by atoms with E-state index >= 15 is 0 Å². The average Bonchev–Trinajstić information content (AvgIpc) is 3.25. The van der Waals surface area contributed by atoms with Crippen molar-refractivity contribution in [1.29, 1.82) is 0 Å². The van der Waals surface area contributed by atoms with Gasteiger partial charge in [0.15, 0.2) is 17.4 Å². The fraction of sp³-hybridized carbons (Fsp3) is 0.300. The van der Waals surface area contributed by atoms with Crippen molar-refractivity contribution >= 4 is 11.7 Å².